The summed E-state index contributed by atoms with van der Waals surface area (Å²) in [5.74, 6) is 0.0628. The second-order valence-electron chi connectivity index (χ2n) is 1.88. The van der Waals surface area contributed by atoms with Crippen molar-refractivity contribution in [3.05, 3.63) is 11.8 Å². The summed E-state index contributed by atoms with van der Waals surface area (Å²) in [5, 5.41) is 6.14. The number of hydrogen-bond donors (Lipinski definition) is 2. The van der Waals surface area contributed by atoms with Gasteiger partial charge in [-0.3, -0.25) is 5.10 Å². The molecule has 66 valence electrons. The molecule has 0 fully saturated rings. The van der Waals surface area contributed by atoms with Crippen LogP contribution in [0, 0.1) is 0 Å². The molecule has 0 aliphatic heterocycles. The number of carbonyl (C=O) groups excluding carboxylic acids is 1. The van der Waals surface area contributed by atoms with Gasteiger partial charge in [0.2, 0.25) is 5.88 Å². The molecular weight excluding hydrogens is 180 g/mol. The van der Waals surface area contributed by atoms with Crippen molar-refractivity contribution in [1.29, 1.82) is 0 Å². The second kappa shape index (κ2) is 4.01. The van der Waals surface area contributed by atoms with Crippen molar-refractivity contribution in [1.82, 2.24) is 10.2 Å². The van der Waals surface area contributed by atoms with Gasteiger partial charge in [-0.2, -0.15) is 0 Å². The highest BCUT2D eigenvalue weighted by atomic mass is 32.1. The summed E-state index contributed by atoms with van der Waals surface area (Å²) in [4.78, 5) is 10.9. The van der Waals surface area contributed by atoms with Crippen LogP contribution in [0.1, 0.15) is 10.5 Å². The number of nitrogens with zero attached hydrogens (tertiary/aromatic N) is 1. The number of thiol groups is 1. The Morgan fingerprint density at radius 1 is 1.83 bits per heavy atom. The normalized spacial score (nSPS) is 9.50. The third-order valence-electron chi connectivity index (χ3n) is 1.17. The van der Waals surface area contributed by atoms with Gasteiger partial charge in [-0.15, -0.1) is 17.7 Å². The Balaban J connectivity index is 2.70. The number of carbonyl (C=O) groups is 1. The Hall–Kier alpha value is -1.17. The minimum absolute atomic E-state index is 0.214. The van der Waals surface area contributed by atoms with E-state index in [9.17, 15) is 4.79 Å². The van der Waals surface area contributed by atoms with E-state index < -0.39 is 5.97 Å². The molecule has 0 radical (unpaired) electrons. The lowest BCUT2D eigenvalue weighted by Crippen LogP contribution is -2.00. The summed E-state index contributed by atoms with van der Waals surface area (Å²) in [6.45, 7) is 0. The first-order chi connectivity index (χ1) is 5.77. The summed E-state index contributed by atoms with van der Waals surface area (Å²) in [5.41, 5.74) is 0.259. The molecule has 1 rings (SSSR count). The zero-order valence-electron chi connectivity index (χ0n) is 6.40. The maximum atomic E-state index is 10.9. The lowest BCUT2D eigenvalue weighted by atomic mass is 10.4. The maximum absolute atomic E-state index is 10.9. The second-order valence-corrected chi connectivity index (χ2v) is 2.14. The quantitative estimate of drug-likeness (QED) is 0.411. The number of rotatable bonds is 3. The van der Waals surface area contributed by atoms with Gasteiger partial charge in [0, 0.05) is 6.07 Å². The van der Waals surface area contributed by atoms with Gasteiger partial charge in [0.15, 0.2) is 0 Å². The van der Waals surface area contributed by atoms with Crippen LogP contribution < -0.4 is 4.74 Å². The number of esters is 1. The van der Waals surface area contributed by atoms with Crippen molar-refractivity contribution in [3.63, 3.8) is 0 Å². The van der Waals surface area contributed by atoms with Crippen molar-refractivity contribution in [3.8, 4) is 5.88 Å². The monoisotopic (exact) mass is 188 g/mol. The summed E-state index contributed by atoms with van der Waals surface area (Å²) in [7, 11) is 1.29. The molecule has 1 aromatic rings. The Morgan fingerprint density at radius 3 is 3.17 bits per heavy atom. The van der Waals surface area contributed by atoms with Crippen molar-refractivity contribution in [2.75, 3.05) is 13.0 Å². The number of aromatic nitrogens is 2. The van der Waals surface area contributed by atoms with Gasteiger partial charge in [-0.05, 0) is 0 Å². The predicted molar refractivity (Wildman–Crippen MR) is 44.4 cm³/mol. The number of ether oxygens (including phenoxy) is 2. The molecular formula is C6H8N2O3S. The lowest BCUT2D eigenvalue weighted by molar-refractivity contribution is 0.0594. The smallest absolute Gasteiger partial charge is 0.356 e. The highest BCUT2D eigenvalue weighted by molar-refractivity contribution is 7.80. The van der Waals surface area contributed by atoms with Crippen LogP contribution in [-0.4, -0.2) is 29.2 Å². The Bertz CT molecular complexity index is 274. The molecule has 0 aromatic carbocycles. The molecule has 0 unspecified atom stereocenters. The standard InChI is InChI=1S/C6H8N2O3S/c1-10-6(9)4-2-5(8-7-4)11-3-12/h2,12H,3H2,1H3,(H,7,8). The first-order valence-corrected chi connectivity index (χ1v) is 3.78. The van der Waals surface area contributed by atoms with E-state index >= 15 is 0 Å². The van der Waals surface area contributed by atoms with Crippen LogP contribution >= 0.6 is 12.6 Å². The molecule has 1 heterocycles. The molecule has 6 heteroatoms. The van der Waals surface area contributed by atoms with E-state index in [-0.39, 0.29) is 11.6 Å². The minimum Gasteiger partial charge on any atom is -0.466 e. The Labute approximate surface area is 74.5 Å². The molecule has 1 N–H and O–H groups in total. The molecule has 1 aromatic heterocycles. The van der Waals surface area contributed by atoms with E-state index in [0.29, 0.717) is 5.88 Å². The molecule has 0 saturated carbocycles. The van der Waals surface area contributed by atoms with E-state index in [4.69, 9.17) is 4.74 Å². The average molecular weight is 188 g/mol. The first kappa shape index (κ1) is 8.92. The number of nitrogens with one attached hydrogen (secondary N) is 1. The molecule has 0 aliphatic carbocycles. The van der Waals surface area contributed by atoms with Crippen molar-refractivity contribution in [2.45, 2.75) is 0 Å². The van der Waals surface area contributed by atoms with Gasteiger partial charge in [0.25, 0.3) is 0 Å². The fourth-order valence-electron chi connectivity index (χ4n) is 0.658. The molecule has 12 heavy (non-hydrogen) atoms. The largest absolute Gasteiger partial charge is 0.466 e. The summed E-state index contributed by atoms with van der Waals surface area (Å²) < 4.78 is 9.34. The van der Waals surface area contributed by atoms with Crippen LogP contribution in [0.3, 0.4) is 0 Å². The number of methoxy groups -OCH3 is 1. The Kier molecular flexibility index (Phi) is 2.98. The molecule has 0 aliphatic rings. The van der Waals surface area contributed by atoms with E-state index in [1.54, 1.807) is 0 Å². The maximum Gasteiger partial charge on any atom is 0.356 e. The van der Waals surface area contributed by atoms with Gasteiger partial charge in [0.1, 0.15) is 11.6 Å². The average Bonchev–Trinajstić information content (AvgIpc) is 2.52. The predicted octanol–water partition coefficient (Wildman–Crippen LogP) is 0.462. The van der Waals surface area contributed by atoms with E-state index in [1.165, 1.54) is 13.2 Å². The third-order valence-corrected chi connectivity index (χ3v) is 1.30. The van der Waals surface area contributed by atoms with Crippen molar-refractivity contribution < 1.29 is 14.3 Å². The molecule has 0 saturated heterocycles. The fraction of sp³-hybridized carbons (Fsp3) is 0.333. The van der Waals surface area contributed by atoms with Crippen LogP contribution in [0.25, 0.3) is 0 Å². The van der Waals surface area contributed by atoms with Gasteiger partial charge in [-0.1, -0.05) is 0 Å². The number of aromatic amines is 1. The molecule has 0 amide bonds. The van der Waals surface area contributed by atoms with Gasteiger partial charge in [-0.25, -0.2) is 4.79 Å². The van der Waals surface area contributed by atoms with Crippen LogP contribution in [0.15, 0.2) is 6.07 Å². The SMILES string of the molecule is COC(=O)c1cc(OCS)n[nH]1. The molecule has 0 spiro atoms. The van der Waals surface area contributed by atoms with Crippen molar-refractivity contribution >= 4 is 18.6 Å². The van der Waals surface area contributed by atoms with Crippen LogP contribution in [0.5, 0.6) is 5.88 Å². The summed E-state index contributed by atoms with van der Waals surface area (Å²) in [6.07, 6.45) is 0. The van der Waals surface area contributed by atoms with Gasteiger partial charge >= 0.3 is 5.97 Å². The molecule has 0 bridgehead atoms. The van der Waals surface area contributed by atoms with Crippen molar-refractivity contribution in [2.24, 2.45) is 0 Å². The number of hydrogen-bond acceptors (Lipinski definition) is 5. The zero-order valence-corrected chi connectivity index (χ0v) is 7.30. The third kappa shape index (κ3) is 1.91. The lowest BCUT2D eigenvalue weighted by Gasteiger charge is -1.92. The highest BCUT2D eigenvalue weighted by Crippen LogP contribution is 2.08. The topological polar surface area (TPSA) is 64.2 Å². The van der Waals surface area contributed by atoms with Gasteiger partial charge in [0.05, 0.1) is 7.11 Å². The highest BCUT2D eigenvalue weighted by Gasteiger charge is 2.09. The van der Waals surface area contributed by atoms with E-state index in [2.05, 4.69) is 27.6 Å². The Morgan fingerprint density at radius 2 is 2.58 bits per heavy atom. The van der Waals surface area contributed by atoms with Crippen LogP contribution in [-0.2, 0) is 4.74 Å². The first-order valence-electron chi connectivity index (χ1n) is 3.15. The van der Waals surface area contributed by atoms with E-state index in [1.807, 2.05) is 0 Å². The summed E-state index contributed by atoms with van der Waals surface area (Å²) in [6, 6.07) is 1.45. The minimum atomic E-state index is -0.475. The van der Waals surface area contributed by atoms with Gasteiger partial charge < -0.3 is 9.47 Å². The fourth-order valence-corrected chi connectivity index (χ4v) is 0.790. The van der Waals surface area contributed by atoms with Crippen LogP contribution in [0.2, 0.25) is 0 Å². The molecule has 5 nitrogen and oxygen atoms in total. The number of H-pyrrole nitrogens is 1. The molecule has 0 atom stereocenters. The summed E-state index contributed by atoms with van der Waals surface area (Å²) >= 11 is 3.82. The van der Waals surface area contributed by atoms with Crippen LogP contribution in [0.4, 0.5) is 0 Å². The zero-order chi connectivity index (χ0) is 8.97. The van der Waals surface area contributed by atoms with E-state index in [0.717, 1.165) is 0 Å².